The van der Waals surface area contributed by atoms with Gasteiger partial charge in [-0.3, -0.25) is 14.4 Å². The number of unbranched alkanes of at least 4 members (excludes halogenated alkanes) is 1. The number of sulfone groups is 1. The predicted molar refractivity (Wildman–Crippen MR) is 202 cm³/mol. The maximum absolute atomic E-state index is 15.0. The number of likely N-dealkylation sites (tertiary alicyclic amines) is 1. The zero-order valence-corrected chi connectivity index (χ0v) is 32.0. The fourth-order valence-electron chi connectivity index (χ4n) is 6.68. The van der Waals surface area contributed by atoms with Crippen LogP contribution < -0.4 is 10.6 Å². The second-order valence-corrected chi connectivity index (χ2v) is 17.7. The van der Waals surface area contributed by atoms with Gasteiger partial charge in [0.1, 0.15) is 0 Å². The number of carbonyl (C=O) groups excluding carboxylic acids is 3. The van der Waals surface area contributed by atoms with Crippen molar-refractivity contribution in [1.29, 1.82) is 0 Å². The van der Waals surface area contributed by atoms with Gasteiger partial charge in [-0.05, 0) is 92.3 Å². The van der Waals surface area contributed by atoms with E-state index in [0.29, 0.717) is 34.3 Å². The van der Waals surface area contributed by atoms with E-state index < -0.39 is 32.6 Å². The summed E-state index contributed by atoms with van der Waals surface area (Å²) >= 11 is 12.8. The van der Waals surface area contributed by atoms with Crippen molar-refractivity contribution in [2.24, 2.45) is 11.3 Å². The van der Waals surface area contributed by atoms with Crippen molar-refractivity contribution >= 4 is 56.4 Å². The third-order valence-corrected chi connectivity index (χ3v) is 12.4. The van der Waals surface area contributed by atoms with Crippen molar-refractivity contribution in [3.8, 4) is 0 Å². The van der Waals surface area contributed by atoms with Gasteiger partial charge in [0.15, 0.2) is 9.84 Å². The van der Waals surface area contributed by atoms with E-state index in [1.807, 2.05) is 44.2 Å². The monoisotopic (exact) mass is 741 g/mol. The summed E-state index contributed by atoms with van der Waals surface area (Å²) in [6, 6.07) is 20.2. The summed E-state index contributed by atoms with van der Waals surface area (Å²) < 4.78 is 27.0. The number of amides is 3. The number of halogens is 2. The van der Waals surface area contributed by atoms with E-state index in [0.717, 1.165) is 24.0 Å². The van der Waals surface area contributed by atoms with Crippen molar-refractivity contribution in [2.75, 3.05) is 17.6 Å². The Hall–Kier alpha value is -3.40. The minimum Gasteiger partial charge on any atom is -0.352 e. The van der Waals surface area contributed by atoms with Gasteiger partial charge in [-0.2, -0.15) is 0 Å². The van der Waals surface area contributed by atoms with Crippen LogP contribution in [0.25, 0.3) is 0 Å². The maximum atomic E-state index is 15.0. The third-order valence-electron chi connectivity index (χ3n) is 9.64. The number of anilines is 1. The topological polar surface area (TPSA) is 113 Å². The van der Waals surface area contributed by atoms with Gasteiger partial charge in [0, 0.05) is 46.2 Å². The zero-order chi connectivity index (χ0) is 36.8. The number of nitrogens with zero attached hydrogens (tertiary/aromatic N) is 1. The first-order valence-corrected chi connectivity index (χ1v) is 19.8. The molecule has 1 heterocycles. The van der Waals surface area contributed by atoms with Gasteiger partial charge in [0.05, 0.1) is 22.5 Å². The fourth-order valence-corrected chi connectivity index (χ4v) is 8.41. The number of carbonyl (C=O) groups is 3. The molecule has 0 aliphatic carbocycles. The van der Waals surface area contributed by atoms with Crippen molar-refractivity contribution in [2.45, 2.75) is 90.5 Å². The van der Waals surface area contributed by atoms with Gasteiger partial charge in [-0.25, -0.2) is 8.42 Å². The van der Waals surface area contributed by atoms with Crippen LogP contribution in [0.5, 0.6) is 0 Å². The summed E-state index contributed by atoms with van der Waals surface area (Å²) in [4.78, 5) is 43.0. The lowest BCUT2D eigenvalue weighted by Crippen LogP contribution is -2.59. The minimum absolute atomic E-state index is 0.145. The largest absolute Gasteiger partial charge is 0.352 e. The molecule has 4 atom stereocenters. The molecule has 11 heteroatoms. The summed E-state index contributed by atoms with van der Waals surface area (Å²) in [5.41, 5.74) is 1.47. The molecule has 4 rings (SSSR count). The maximum Gasteiger partial charge on any atom is 0.251 e. The summed E-state index contributed by atoms with van der Waals surface area (Å²) in [6.07, 6.45) is 2.02. The number of piperidine rings is 1. The molecule has 1 fully saturated rings. The highest BCUT2D eigenvalue weighted by Gasteiger charge is 2.53. The zero-order valence-electron chi connectivity index (χ0n) is 29.7. The number of benzene rings is 3. The minimum atomic E-state index is -3.58. The smallest absolute Gasteiger partial charge is 0.251 e. The Morgan fingerprint density at radius 2 is 1.60 bits per heavy atom. The van der Waals surface area contributed by atoms with E-state index in [1.54, 1.807) is 68.1 Å². The summed E-state index contributed by atoms with van der Waals surface area (Å²) in [5, 5.41) is 6.24. The highest BCUT2D eigenvalue weighted by Crippen LogP contribution is 2.52. The molecule has 1 saturated heterocycles. The molecular weight excluding hydrogens is 693 g/mol. The van der Waals surface area contributed by atoms with Crippen LogP contribution in [0.2, 0.25) is 10.0 Å². The first kappa shape index (κ1) is 39.4. The molecule has 0 aromatic heterocycles. The van der Waals surface area contributed by atoms with Crippen LogP contribution in [-0.4, -0.2) is 54.6 Å². The summed E-state index contributed by atoms with van der Waals surface area (Å²) in [6.45, 7) is 11.6. The molecule has 3 aromatic rings. The highest BCUT2D eigenvalue weighted by atomic mass is 35.5. The fraction of sp³-hybridized carbons (Fsp3) is 0.462. The molecule has 50 heavy (non-hydrogen) atoms. The molecule has 0 spiro atoms. The molecule has 0 radical (unpaired) electrons. The molecule has 3 amide bonds. The Morgan fingerprint density at radius 1 is 0.940 bits per heavy atom. The number of nitrogens with one attached hydrogen (secondary N) is 2. The Kier molecular flexibility index (Phi) is 13.2. The summed E-state index contributed by atoms with van der Waals surface area (Å²) in [7, 11) is -3.58. The van der Waals surface area contributed by atoms with Crippen LogP contribution in [0, 0.1) is 11.3 Å². The quantitative estimate of drug-likeness (QED) is 0.161. The van der Waals surface area contributed by atoms with Gasteiger partial charge in [-0.15, -0.1) is 0 Å². The normalized spacial score (nSPS) is 20.2. The lowest BCUT2D eigenvalue weighted by molar-refractivity contribution is -0.157. The average Bonchev–Trinajstić information content (AvgIpc) is 3.05. The lowest BCUT2D eigenvalue weighted by atomic mass is 9.66. The van der Waals surface area contributed by atoms with Crippen molar-refractivity contribution < 1.29 is 22.8 Å². The molecule has 1 aliphatic rings. The Labute approximate surface area is 307 Å². The average molecular weight is 743 g/mol. The third kappa shape index (κ3) is 9.47. The van der Waals surface area contributed by atoms with Crippen LogP contribution in [0.3, 0.4) is 0 Å². The molecule has 3 aromatic carbocycles. The van der Waals surface area contributed by atoms with Crippen molar-refractivity contribution in [3.05, 3.63) is 99.5 Å². The molecule has 0 unspecified atom stereocenters. The standard InChI is InChI=1S/C39H49Cl2N3O5S/c1-7-8-20-42-37(46)28-14-18-32(19-15-28)43-35(45)23-39(6)22-33(29-10-9-11-31(41)21-29)36(27-12-16-30(40)17-13-27)44(38(39)47)34(25(2)3)24-50(48,49)26(4)5/h9-19,21,25-26,33-34,36H,7-8,20,22-24H2,1-6H3,(H,42,46)(H,43,45)/t33-,34-,36-,39-/m1/s1. The Morgan fingerprint density at radius 3 is 2.18 bits per heavy atom. The first-order valence-electron chi connectivity index (χ1n) is 17.3. The van der Waals surface area contributed by atoms with Crippen molar-refractivity contribution in [3.63, 3.8) is 0 Å². The Bertz CT molecular complexity index is 1760. The van der Waals surface area contributed by atoms with E-state index in [4.69, 9.17) is 23.2 Å². The van der Waals surface area contributed by atoms with E-state index in [9.17, 15) is 18.0 Å². The second kappa shape index (κ2) is 16.7. The van der Waals surface area contributed by atoms with E-state index in [1.165, 1.54) is 0 Å². The number of hydrogen-bond donors (Lipinski definition) is 2. The summed E-state index contributed by atoms with van der Waals surface area (Å²) in [5.74, 6) is -1.62. The van der Waals surface area contributed by atoms with Gasteiger partial charge < -0.3 is 15.5 Å². The SMILES string of the molecule is CCCCNC(=O)c1ccc(NC(=O)C[C@@]2(C)C[C@H](c3cccc(Cl)c3)[C@@H](c3ccc(Cl)cc3)N([C@H](CS(=O)(=O)C(C)C)C(C)C)C2=O)cc1. The molecule has 0 saturated carbocycles. The first-order chi connectivity index (χ1) is 23.6. The van der Waals surface area contributed by atoms with Gasteiger partial charge in [-0.1, -0.05) is 81.6 Å². The molecular formula is C39H49Cl2N3O5S. The van der Waals surface area contributed by atoms with E-state index in [-0.39, 0.29) is 41.7 Å². The van der Waals surface area contributed by atoms with Gasteiger partial charge >= 0.3 is 0 Å². The van der Waals surface area contributed by atoms with Crippen LogP contribution in [0.1, 0.15) is 101 Å². The highest BCUT2D eigenvalue weighted by molar-refractivity contribution is 7.92. The second-order valence-electron chi connectivity index (χ2n) is 14.2. The molecule has 270 valence electrons. The van der Waals surface area contributed by atoms with Crippen molar-refractivity contribution in [1.82, 2.24) is 10.2 Å². The van der Waals surface area contributed by atoms with Gasteiger partial charge in [0.2, 0.25) is 11.8 Å². The van der Waals surface area contributed by atoms with E-state index in [2.05, 4.69) is 17.6 Å². The van der Waals surface area contributed by atoms with E-state index >= 15 is 4.79 Å². The molecule has 8 nitrogen and oxygen atoms in total. The molecule has 2 N–H and O–H groups in total. The van der Waals surface area contributed by atoms with Crippen LogP contribution in [-0.2, 0) is 19.4 Å². The molecule has 1 aliphatic heterocycles. The predicted octanol–water partition coefficient (Wildman–Crippen LogP) is 8.46. The van der Waals surface area contributed by atoms with Crippen LogP contribution >= 0.6 is 23.2 Å². The lowest BCUT2D eigenvalue weighted by Gasteiger charge is -2.53. The number of hydrogen-bond acceptors (Lipinski definition) is 5. The molecule has 0 bridgehead atoms. The Balaban J connectivity index is 1.75. The number of rotatable bonds is 14. The van der Waals surface area contributed by atoms with Gasteiger partial charge in [0.25, 0.3) is 5.91 Å². The van der Waals surface area contributed by atoms with Crippen LogP contribution in [0.4, 0.5) is 5.69 Å². The van der Waals surface area contributed by atoms with Crippen LogP contribution in [0.15, 0.2) is 72.8 Å².